The van der Waals surface area contributed by atoms with Gasteiger partial charge < -0.3 is 10.2 Å². The highest BCUT2D eigenvalue weighted by Gasteiger charge is 2.30. The molecule has 0 aromatic heterocycles. The van der Waals surface area contributed by atoms with Gasteiger partial charge in [-0.3, -0.25) is 4.79 Å². The van der Waals surface area contributed by atoms with Crippen LogP contribution in [-0.2, 0) is 0 Å². The van der Waals surface area contributed by atoms with E-state index < -0.39 is 0 Å². The van der Waals surface area contributed by atoms with Crippen LogP contribution in [0.3, 0.4) is 0 Å². The lowest BCUT2D eigenvalue weighted by atomic mass is 9.89. The van der Waals surface area contributed by atoms with Crippen LogP contribution in [0, 0.1) is 6.92 Å². The summed E-state index contributed by atoms with van der Waals surface area (Å²) in [5.41, 5.74) is 1.76. The van der Waals surface area contributed by atoms with E-state index in [2.05, 4.69) is 24.2 Å². The van der Waals surface area contributed by atoms with E-state index in [1.54, 1.807) is 0 Å². The fourth-order valence-corrected chi connectivity index (χ4v) is 2.41. The average Bonchev–Trinajstić information content (AvgIpc) is 2.45. The van der Waals surface area contributed by atoms with Crippen LogP contribution in [0.4, 0.5) is 0 Å². The van der Waals surface area contributed by atoms with E-state index >= 15 is 0 Å². The van der Waals surface area contributed by atoms with Crippen molar-refractivity contribution in [2.75, 3.05) is 20.1 Å². The molecule has 0 bridgehead atoms. The summed E-state index contributed by atoms with van der Waals surface area (Å²) in [5.74, 6) is 0.0557. The quantitative estimate of drug-likeness (QED) is 0.899. The van der Waals surface area contributed by atoms with Crippen LogP contribution in [0.15, 0.2) is 24.3 Å². The summed E-state index contributed by atoms with van der Waals surface area (Å²) >= 11 is 0. The third kappa shape index (κ3) is 4.34. The number of amides is 1. The Bertz CT molecular complexity index is 434. The lowest BCUT2D eigenvalue weighted by molar-refractivity contribution is 0.0851. The molecule has 3 heteroatoms. The molecule has 1 fully saturated rings. The molecule has 0 saturated carbocycles. The smallest absolute Gasteiger partial charge is 0.251 e. The van der Waals surface area contributed by atoms with Crippen LogP contribution in [0.25, 0.3) is 0 Å². The molecule has 2 rings (SSSR count). The van der Waals surface area contributed by atoms with Crippen molar-refractivity contribution < 1.29 is 4.79 Å². The SMILES string of the molecule is CC.Cc1ccccc1C(=O)NC1(C)CCN(C)CC1. The van der Waals surface area contributed by atoms with Gasteiger partial charge in [0.25, 0.3) is 5.91 Å². The van der Waals surface area contributed by atoms with E-state index in [0.29, 0.717) is 0 Å². The molecule has 1 aliphatic rings. The first-order valence-electron chi connectivity index (χ1n) is 7.57. The number of nitrogens with one attached hydrogen (secondary N) is 1. The number of nitrogens with zero attached hydrogens (tertiary/aromatic N) is 1. The highest BCUT2D eigenvalue weighted by molar-refractivity contribution is 5.96. The molecule has 112 valence electrons. The van der Waals surface area contributed by atoms with Gasteiger partial charge in [-0.1, -0.05) is 32.0 Å². The summed E-state index contributed by atoms with van der Waals surface area (Å²) in [5, 5.41) is 3.21. The topological polar surface area (TPSA) is 32.3 Å². The molecule has 0 unspecified atom stereocenters. The maximum atomic E-state index is 12.3. The fraction of sp³-hybridized carbons (Fsp3) is 0.588. The fourth-order valence-electron chi connectivity index (χ4n) is 2.41. The van der Waals surface area contributed by atoms with Gasteiger partial charge in [-0.2, -0.15) is 0 Å². The van der Waals surface area contributed by atoms with Crippen LogP contribution < -0.4 is 5.32 Å². The van der Waals surface area contributed by atoms with Gasteiger partial charge in [0.05, 0.1) is 0 Å². The predicted molar refractivity (Wildman–Crippen MR) is 85.1 cm³/mol. The van der Waals surface area contributed by atoms with E-state index in [-0.39, 0.29) is 11.4 Å². The zero-order chi connectivity index (χ0) is 15.2. The van der Waals surface area contributed by atoms with E-state index in [9.17, 15) is 4.79 Å². The van der Waals surface area contributed by atoms with E-state index in [1.165, 1.54) is 0 Å². The van der Waals surface area contributed by atoms with Crippen LogP contribution in [0.5, 0.6) is 0 Å². The van der Waals surface area contributed by atoms with E-state index in [4.69, 9.17) is 0 Å². The highest BCUT2D eigenvalue weighted by atomic mass is 16.1. The molecular weight excluding hydrogens is 248 g/mol. The molecule has 1 aromatic carbocycles. The van der Waals surface area contributed by atoms with Gasteiger partial charge in [0.2, 0.25) is 0 Å². The summed E-state index contributed by atoms with van der Waals surface area (Å²) in [7, 11) is 2.13. The van der Waals surface area contributed by atoms with Gasteiger partial charge >= 0.3 is 0 Å². The standard InChI is InChI=1S/C15H22N2O.C2H6/c1-12-6-4-5-7-13(12)14(18)16-15(2)8-10-17(3)11-9-15;1-2/h4-7H,8-11H2,1-3H3,(H,16,18);1-2H3. The molecule has 1 amide bonds. The zero-order valence-corrected chi connectivity index (χ0v) is 13.5. The molecule has 0 atom stereocenters. The third-order valence-electron chi connectivity index (χ3n) is 3.90. The second-order valence-corrected chi connectivity index (χ2v) is 5.63. The minimum absolute atomic E-state index is 0.0557. The van der Waals surface area contributed by atoms with Gasteiger partial charge in [0, 0.05) is 24.2 Å². The third-order valence-corrected chi connectivity index (χ3v) is 3.90. The van der Waals surface area contributed by atoms with Gasteiger partial charge in [0.1, 0.15) is 0 Å². The summed E-state index contributed by atoms with van der Waals surface area (Å²) in [6, 6.07) is 7.75. The largest absolute Gasteiger partial charge is 0.347 e. The summed E-state index contributed by atoms with van der Waals surface area (Å²) in [6.45, 7) is 10.2. The van der Waals surface area contributed by atoms with Crippen LogP contribution in [0.1, 0.15) is 49.5 Å². The molecule has 3 nitrogen and oxygen atoms in total. The average molecular weight is 276 g/mol. The van der Waals surface area contributed by atoms with Crippen molar-refractivity contribution in [1.29, 1.82) is 0 Å². The molecule has 0 spiro atoms. The first-order valence-corrected chi connectivity index (χ1v) is 7.57. The summed E-state index contributed by atoms with van der Waals surface area (Å²) in [6.07, 6.45) is 2.03. The number of carbonyl (C=O) groups is 1. The molecule has 1 saturated heterocycles. The molecular formula is C17H28N2O. The van der Waals surface area contributed by atoms with Crippen molar-refractivity contribution in [2.24, 2.45) is 0 Å². The maximum absolute atomic E-state index is 12.3. The molecule has 1 N–H and O–H groups in total. The monoisotopic (exact) mass is 276 g/mol. The lowest BCUT2D eigenvalue weighted by Crippen LogP contribution is -2.52. The Morgan fingerprint density at radius 2 is 1.75 bits per heavy atom. The molecule has 0 aliphatic carbocycles. The van der Waals surface area contributed by atoms with Crippen molar-refractivity contribution >= 4 is 5.91 Å². The highest BCUT2D eigenvalue weighted by Crippen LogP contribution is 2.21. The van der Waals surface area contributed by atoms with Crippen LogP contribution in [-0.4, -0.2) is 36.5 Å². The summed E-state index contributed by atoms with van der Waals surface area (Å²) in [4.78, 5) is 14.6. The van der Waals surface area contributed by atoms with E-state index in [0.717, 1.165) is 37.1 Å². The minimum atomic E-state index is -0.0636. The first kappa shape index (κ1) is 16.7. The Morgan fingerprint density at radius 1 is 1.20 bits per heavy atom. The van der Waals surface area contributed by atoms with Crippen molar-refractivity contribution in [3.63, 3.8) is 0 Å². The maximum Gasteiger partial charge on any atom is 0.251 e. The predicted octanol–water partition coefficient (Wildman–Crippen LogP) is 3.24. The van der Waals surface area contributed by atoms with Crippen molar-refractivity contribution in [3.8, 4) is 0 Å². The Balaban J connectivity index is 0.000000956. The number of hydrogen-bond acceptors (Lipinski definition) is 2. The second kappa shape index (κ2) is 7.44. The van der Waals surface area contributed by atoms with Gasteiger partial charge in [0.15, 0.2) is 0 Å². The number of rotatable bonds is 2. The normalized spacial score (nSPS) is 17.9. The zero-order valence-electron chi connectivity index (χ0n) is 13.5. The van der Waals surface area contributed by atoms with Crippen molar-refractivity contribution in [3.05, 3.63) is 35.4 Å². The minimum Gasteiger partial charge on any atom is -0.347 e. The number of likely N-dealkylation sites (tertiary alicyclic amines) is 1. The number of piperidine rings is 1. The molecule has 20 heavy (non-hydrogen) atoms. The van der Waals surface area contributed by atoms with Crippen molar-refractivity contribution in [1.82, 2.24) is 10.2 Å². The van der Waals surface area contributed by atoms with Crippen LogP contribution >= 0.6 is 0 Å². The number of benzene rings is 1. The Kier molecular flexibility index (Phi) is 6.21. The van der Waals surface area contributed by atoms with Crippen LogP contribution in [0.2, 0.25) is 0 Å². The Morgan fingerprint density at radius 3 is 2.30 bits per heavy atom. The Hall–Kier alpha value is -1.35. The number of carbonyl (C=O) groups excluding carboxylic acids is 1. The van der Waals surface area contributed by atoms with E-state index in [1.807, 2.05) is 45.0 Å². The molecule has 0 radical (unpaired) electrons. The summed E-state index contributed by atoms with van der Waals surface area (Å²) < 4.78 is 0. The molecule has 1 heterocycles. The number of aryl methyl sites for hydroxylation is 1. The lowest BCUT2D eigenvalue weighted by Gasteiger charge is -2.38. The first-order chi connectivity index (χ1) is 9.50. The number of hydrogen-bond donors (Lipinski definition) is 1. The second-order valence-electron chi connectivity index (χ2n) is 5.63. The van der Waals surface area contributed by atoms with Crippen molar-refractivity contribution in [2.45, 2.75) is 46.1 Å². The Labute approximate surface area is 123 Å². The molecule has 1 aromatic rings. The van der Waals surface area contributed by atoms with Gasteiger partial charge in [-0.05, 0) is 45.4 Å². The molecule has 1 aliphatic heterocycles. The van der Waals surface area contributed by atoms with Gasteiger partial charge in [-0.15, -0.1) is 0 Å². The van der Waals surface area contributed by atoms with Gasteiger partial charge in [-0.25, -0.2) is 0 Å².